The summed E-state index contributed by atoms with van der Waals surface area (Å²) >= 11 is 0. The van der Waals surface area contributed by atoms with E-state index in [0.717, 1.165) is 31.4 Å². The lowest BCUT2D eigenvalue weighted by Crippen LogP contribution is -2.62. The van der Waals surface area contributed by atoms with E-state index in [9.17, 15) is 9.18 Å². The van der Waals surface area contributed by atoms with Crippen LogP contribution in [0.2, 0.25) is 0 Å². The van der Waals surface area contributed by atoms with Crippen LogP contribution in [0.15, 0.2) is 54.6 Å². The molecule has 2 saturated heterocycles. The van der Waals surface area contributed by atoms with E-state index in [1.165, 1.54) is 18.2 Å². The number of nitriles is 1. The van der Waals surface area contributed by atoms with Gasteiger partial charge >= 0.3 is 0 Å². The summed E-state index contributed by atoms with van der Waals surface area (Å²) in [7, 11) is 1.60. The van der Waals surface area contributed by atoms with Crippen LogP contribution in [-0.2, 0) is 11.2 Å². The van der Waals surface area contributed by atoms with Crippen molar-refractivity contribution in [3.8, 4) is 28.3 Å². The van der Waals surface area contributed by atoms with Gasteiger partial charge in [-0.05, 0) is 84.8 Å². The third-order valence-corrected chi connectivity index (χ3v) is 7.70. The summed E-state index contributed by atoms with van der Waals surface area (Å²) in [5.74, 6) is -1.16. The molecule has 1 amide bonds. The van der Waals surface area contributed by atoms with E-state index < -0.39 is 11.6 Å². The van der Waals surface area contributed by atoms with Crippen LogP contribution in [0.5, 0.6) is 0 Å². The second kappa shape index (κ2) is 10.4. The summed E-state index contributed by atoms with van der Waals surface area (Å²) < 4.78 is 35.0. The number of nitrogens with one attached hydrogen (secondary N) is 1. The molecule has 0 saturated carbocycles. The molecule has 0 aliphatic carbocycles. The number of benzene rings is 3. The molecule has 2 heterocycles. The van der Waals surface area contributed by atoms with Gasteiger partial charge in [0.2, 0.25) is 0 Å². The minimum atomic E-state index is -0.660. The van der Waals surface area contributed by atoms with Gasteiger partial charge in [-0.1, -0.05) is 24.3 Å². The Bertz CT molecular complexity index is 1370. The lowest BCUT2D eigenvalue weighted by molar-refractivity contribution is 0.0541. The van der Waals surface area contributed by atoms with Crippen LogP contribution in [0.4, 0.5) is 8.78 Å². The maximum atomic E-state index is 15.3. The molecule has 7 heteroatoms. The highest BCUT2D eigenvalue weighted by atomic mass is 19.1. The van der Waals surface area contributed by atoms with Crippen molar-refractivity contribution >= 4 is 5.91 Å². The highest BCUT2D eigenvalue weighted by Crippen LogP contribution is 2.37. The van der Waals surface area contributed by atoms with Gasteiger partial charge in [0.1, 0.15) is 17.7 Å². The van der Waals surface area contributed by atoms with E-state index in [0.29, 0.717) is 53.9 Å². The summed E-state index contributed by atoms with van der Waals surface area (Å²) in [5, 5.41) is 12.7. The Balaban J connectivity index is 1.52. The van der Waals surface area contributed by atoms with E-state index in [1.54, 1.807) is 37.4 Å². The van der Waals surface area contributed by atoms with Crippen molar-refractivity contribution in [1.29, 1.82) is 5.26 Å². The largest absolute Gasteiger partial charge is 0.384 e. The Labute approximate surface area is 215 Å². The minimum absolute atomic E-state index is 0.0712. The summed E-state index contributed by atoms with van der Waals surface area (Å²) in [6.45, 7) is 2.86. The first-order valence-electron chi connectivity index (χ1n) is 12.6. The molecule has 0 radical (unpaired) electrons. The third kappa shape index (κ3) is 5.00. The highest BCUT2D eigenvalue weighted by Gasteiger charge is 2.40. The number of hydrogen-bond acceptors (Lipinski definition) is 4. The molecule has 1 spiro atoms. The number of carbonyl (C=O) groups excluding carboxylic acids is 1. The lowest BCUT2D eigenvalue weighted by atomic mass is 9.79. The SMILES string of the molecule is COCCc1ccc(-c2ccc(C(=O)N3CCC4(CCN4)CC3)cc2-c2ccc(C#N)c(F)c2)c(F)c1. The summed E-state index contributed by atoms with van der Waals surface area (Å²) in [4.78, 5) is 15.3. The van der Waals surface area contributed by atoms with Crippen LogP contribution in [0.1, 0.15) is 40.7 Å². The van der Waals surface area contributed by atoms with Crippen molar-refractivity contribution in [3.63, 3.8) is 0 Å². The molecular weight excluding hydrogens is 472 g/mol. The third-order valence-electron chi connectivity index (χ3n) is 7.70. The number of hydrogen-bond donors (Lipinski definition) is 1. The van der Waals surface area contributed by atoms with Crippen molar-refractivity contribution in [1.82, 2.24) is 10.2 Å². The standard InChI is InChI=1S/C30H29F2N3O2/c1-37-15-8-20-2-6-25(28(32)16-20)24-7-5-22(17-26(24)21-3-4-23(19-33)27(31)18-21)29(36)35-13-10-30(11-14-35)9-12-34-30/h2-7,16-18,34H,8-15H2,1H3. The number of methoxy groups -OCH3 is 1. The van der Waals surface area contributed by atoms with E-state index in [2.05, 4.69) is 5.32 Å². The predicted octanol–water partition coefficient (Wildman–Crippen LogP) is 5.33. The fraction of sp³-hybridized carbons (Fsp3) is 0.333. The number of likely N-dealkylation sites (tertiary alicyclic amines) is 1. The summed E-state index contributed by atoms with van der Waals surface area (Å²) in [5.41, 5.74) is 3.30. The molecular formula is C30H29F2N3O2. The number of rotatable bonds is 6. The number of carbonyl (C=O) groups is 1. The van der Waals surface area contributed by atoms with Gasteiger partial charge in [0.25, 0.3) is 5.91 Å². The lowest BCUT2D eigenvalue weighted by Gasteiger charge is -2.48. The molecule has 2 aliphatic rings. The minimum Gasteiger partial charge on any atom is -0.384 e. The van der Waals surface area contributed by atoms with E-state index in [-0.39, 0.29) is 17.0 Å². The summed E-state index contributed by atoms with van der Waals surface area (Å²) in [6, 6.07) is 16.3. The maximum absolute atomic E-state index is 15.3. The average Bonchev–Trinajstić information content (AvgIpc) is 2.90. The van der Waals surface area contributed by atoms with Gasteiger partial charge in [0.05, 0.1) is 12.2 Å². The Kier molecular flexibility index (Phi) is 7.05. The molecule has 0 atom stereocenters. The smallest absolute Gasteiger partial charge is 0.253 e. The Morgan fingerprint density at radius 3 is 2.38 bits per heavy atom. The molecule has 5 rings (SSSR count). The first-order chi connectivity index (χ1) is 17.9. The zero-order valence-electron chi connectivity index (χ0n) is 20.8. The van der Waals surface area contributed by atoms with Crippen LogP contribution in [0, 0.1) is 23.0 Å². The van der Waals surface area contributed by atoms with Crippen molar-refractivity contribution in [2.75, 3.05) is 33.4 Å². The van der Waals surface area contributed by atoms with Crippen LogP contribution in [0.3, 0.4) is 0 Å². The number of piperidine rings is 1. The quantitative estimate of drug-likeness (QED) is 0.496. The van der Waals surface area contributed by atoms with Crippen molar-refractivity contribution < 1.29 is 18.3 Å². The molecule has 2 aliphatic heterocycles. The van der Waals surface area contributed by atoms with E-state index in [1.807, 2.05) is 17.0 Å². The molecule has 37 heavy (non-hydrogen) atoms. The molecule has 5 nitrogen and oxygen atoms in total. The molecule has 3 aromatic carbocycles. The molecule has 0 unspecified atom stereocenters. The highest BCUT2D eigenvalue weighted by molar-refractivity contribution is 5.98. The van der Waals surface area contributed by atoms with Crippen LogP contribution in [0.25, 0.3) is 22.3 Å². The van der Waals surface area contributed by atoms with Gasteiger partial charge in [-0.15, -0.1) is 0 Å². The Morgan fingerprint density at radius 2 is 1.76 bits per heavy atom. The molecule has 0 aromatic heterocycles. The van der Waals surface area contributed by atoms with Gasteiger partial charge in [-0.2, -0.15) is 5.26 Å². The van der Waals surface area contributed by atoms with Crippen molar-refractivity contribution in [2.24, 2.45) is 0 Å². The maximum Gasteiger partial charge on any atom is 0.253 e. The Morgan fingerprint density at radius 1 is 1.00 bits per heavy atom. The molecule has 3 aromatic rings. The molecule has 0 bridgehead atoms. The molecule has 190 valence electrons. The number of nitrogens with zero attached hydrogens (tertiary/aromatic N) is 2. The second-order valence-corrected chi connectivity index (χ2v) is 9.87. The monoisotopic (exact) mass is 501 g/mol. The average molecular weight is 502 g/mol. The first kappa shape index (κ1) is 25.1. The predicted molar refractivity (Wildman–Crippen MR) is 138 cm³/mol. The van der Waals surface area contributed by atoms with Gasteiger partial charge < -0.3 is 15.0 Å². The van der Waals surface area contributed by atoms with Gasteiger partial charge in [0.15, 0.2) is 0 Å². The molecule has 2 fully saturated rings. The fourth-order valence-electron chi connectivity index (χ4n) is 5.30. The summed E-state index contributed by atoms with van der Waals surface area (Å²) in [6.07, 6.45) is 3.58. The zero-order chi connectivity index (χ0) is 26.0. The van der Waals surface area contributed by atoms with Gasteiger partial charge in [-0.25, -0.2) is 8.78 Å². The number of ether oxygens (including phenoxy) is 1. The van der Waals surface area contributed by atoms with Crippen molar-refractivity contribution in [2.45, 2.75) is 31.2 Å². The normalized spacial score (nSPS) is 16.3. The second-order valence-electron chi connectivity index (χ2n) is 9.87. The van der Waals surface area contributed by atoms with Crippen LogP contribution in [-0.4, -0.2) is 49.7 Å². The first-order valence-corrected chi connectivity index (χ1v) is 12.6. The van der Waals surface area contributed by atoms with Crippen LogP contribution < -0.4 is 5.32 Å². The molecule has 1 N–H and O–H groups in total. The Hall–Kier alpha value is -3.60. The van der Waals surface area contributed by atoms with Crippen molar-refractivity contribution in [3.05, 3.63) is 82.9 Å². The van der Waals surface area contributed by atoms with Gasteiger partial charge in [0, 0.05) is 36.9 Å². The fourth-order valence-corrected chi connectivity index (χ4v) is 5.30. The number of halogens is 2. The van der Waals surface area contributed by atoms with Gasteiger partial charge in [-0.3, -0.25) is 4.79 Å². The topological polar surface area (TPSA) is 65.4 Å². The van der Waals surface area contributed by atoms with E-state index in [4.69, 9.17) is 10.00 Å². The number of amides is 1. The van der Waals surface area contributed by atoms with E-state index >= 15 is 4.39 Å². The van der Waals surface area contributed by atoms with Crippen LogP contribution >= 0.6 is 0 Å². The zero-order valence-corrected chi connectivity index (χ0v) is 20.8.